The van der Waals surface area contributed by atoms with Gasteiger partial charge >= 0.3 is 5.97 Å². The molecule has 33 heavy (non-hydrogen) atoms. The molecule has 184 valence electrons. The Bertz CT molecular complexity index is 997. The number of aromatic nitrogens is 2. The molecule has 0 aliphatic rings. The quantitative estimate of drug-likeness (QED) is 0.217. The predicted molar refractivity (Wildman–Crippen MR) is 135 cm³/mol. The van der Waals surface area contributed by atoms with Gasteiger partial charge in [-0.15, -0.1) is 0 Å². The molecule has 1 N–H and O–H groups in total. The van der Waals surface area contributed by atoms with Gasteiger partial charge in [-0.05, 0) is 38.4 Å². The van der Waals surface area contributed by atoms with Crippen LogP contribution >= 0.6 is 11.6 Å². The van der Waals surface area contributed by atoms with Gasteiger partial charge in [-0.2, -0.15) is 0 Å². The van der Waals surface area contributed by atoms with Crippen LogP contribution in [0.3, 0.4) is 0 Å². The average molecular weight is 498 g/mol. The number of ether oxygens (including phenoxy) is 1. The highest BCUT2D eigenvalue weighted by Crippen LogP contribution is 2.39. The van der Waals surface area contributed by atoms with Crippen molar-refractivity contribution in [2.75, 3.05) is 18.5 Å². The number of carbonyl (C=O) groups excluding carboxylic acids is 1. The molecule has 1 atom stereocenters. The van der Waals surface area contributed by atoms with E-state index in [9.17, 15) is 9.18 Å². The van der Waals surface area contributed by atoms with Crippen LogP contribution in [0.5, 0.6) is 0 Å². The highest BCUT2D eigenvalue weighted by Gasteiger charge is 2.39. The van der Waals surface area contributed by atoms with Crippen molar-refractivity contribution in [2.45, 2.75) is 84.5 Å². The standard InChI is InChI=1S/C24H37ClFN3O3Si/c1-9-11-12-24(6,15-32-33(7,8)23(3,4)5)29-20-18(22(30)31-10-2)21(25)28-17-13-16(26)14-27-19(17)20/h13-14H,9-12,15H2,1-8H3,(H,28,29). The van der Waals surface area contributed by atoms with Gasteiger partial charge < -0.3 is 14.5 Å². The molecule has 0 bridgehead atoms. The Hall–Kier alpha value is -1.77. The zero-order valence-corrected chi connectivity index (χ0v) is 22.8. The van der Waals surface area contributed by atoms with Crippen LogP contribution in [0.25, 0.3) is 11.0 Å². The summed E-state index contributed by atoms with van der Waals surface area (Å²) in [6, 6.07) is 1.25. The van der Waals surface area contributed by atoms with Crippen molar-refractivity contribution in [3.63, 3.8) is 0 Å². The van der Waals surface area contributed by atoms with E-state index in [2.05, 4.69) is 63.0 Å². The van der Waals surface area contributed by atoms with Gasteiger partial charge in [0.25, 0.3) is 0 Å². The first-order chi connectivity index (χ1) is 15.2. The molecule has 0 saturated heterocycles. The molecule has 0 saturated carbocycles. The lowest BCUT2D eigenvalue weighted by molar-refractivity contribution is 0.0527. The van der Waals surface area contributed by atoms with Crippen molar-refractivity contribution < 1.29 is 18.3 Å². The molecule has 1 unspecified atom stereocenters. The molecule has 0 radical (unpaired) electrons. The predicted octanol–water partition coefficient (Wildman–Crippen LogP) is 6.98. The van der Waals surface area contributed by atoms with Crippen molar-refractivity contribution in [3.05, 3.63) is 28.8 Å². The van der Waals surface area contributed by atoms with Gasteiger partial charge in [-0.25, -0.2) is 19.2 Å². The van der Waals surface area contributed by atoms with Gasteiger partial charge in [0, 0.05) is 6.07 Å². The minimum Gasteiger partial charge on any atom is -0.462 e. The first-order valence-electron chi connectivity index (χ1n) is 11.5. The smallest absolute Gasteiger partial charge is 0.343 e. The SMILES string of the molecule is CCCCC(C)(CO[Si](C)(C)C(C)(C)C)Nc1c(C(=O)OCC)c(Cl)nc2cc(F)cnc12. The van der Waals surface area contributed by atoms with Crippen LogP contribution in [0, 0.1) is 5.82 Å². The fraction of sp³-hybridized carbons (Fsp3) is 0.625. The molecule has 6 nitrogen and oxygen atoms in total. The minimum atomic E-state index is -2.03. The number of hydrogen-bond acceptors (Lipinski definition) is 6. The van der Waals surface area contributed by atoms with E-state index in [0.717, 1.165) is 25.5 Å². The Balaban J connectivity index is 2.60. The number of carbonyl (C=O) groups is 1. The van der Waals surface area contributed by atoms with E-state index in [0.29, 0.717) is 17.8 Å². The van der Waals surface area contributed by atoms with Crippen LogP contribution in [0.2, 0.25) is 23.3 Å². The third kappa shape index (κ3) is 6.64. The third-order valence-electron chi connectivity index (χ3n) is 6.29. The molecule has 9 heteroatoms. The number of nitrogens with zero attached hydrogens (tertiary/aromatic N) is 2. The lowest BCUT2D eigenvalue weighted by Gasteiger charge is -2.41. The molecule has 0 spiro atoms. The molecule has 0 fully saturated rings. The summed E-state index contributed by atoms with van der Waals surface area (Å²) in [4.78, 5) is 21.3. The van der Waals surface area contributed by atoms with Crippen LogP contribution in [0.15, 0.2) is 12.3 Å². The topological polar surface area (TPSA) is 73.3 Å². The van der Waals surface area contributed by atoms with E-state index in [1.807, 2.05) is 0 Å². The molecule has 0 amide bonds. The van der Waals surface area contributed by atoms with Gasteiger partial charge in [0.2, 0.25) is 0 Å². The third-order valence-corrected chi connectivity index (χ3v) is 11.0. The molecule has 2 heterocycles. The fourth-order valence-electron chi connectivity index (χ4n) is 3.20. The summed E-state index contributed by atoms with van der Waals surface area (Å²) in [5.41, 5.74) is 0.583. The first kappa shape index (κ1) is 27.5. The Morgan fingerprint density at radius 2 is 1.91 bits per heavy atom. The van der Waals surface area contributed by atoms with E-state index in [-0.39, 0.29) is 27.9 Å². The number of unbranched alkanes of at least 4 members (excludes halogenated alkanes) is 1. The van der Waals surface area contributed by atoms with Gasteiger partial charge in [-0.1, -0.05) is 52.1 Å². The van der Waals surface area contributed by atoms with Crippen molar-refractivity contribution in [2.24, 2.45) is 0 Å². The summed E-state index contributed by atoms with van der Waals surface area (Å²) < 4.78 is 25.7. The van der Waals surface area contributed by atoms with Crippen molar-refractivity contribution >= 4 is 42.6 Å². The maximum Gasteiger partial charge on any atom is 0.343 e. The van der Waals surface area contributed by atoms with E-state index < -0.39 is 25.6 Å². The number of nitrogens with one attached hydrogen (secondary N) is 1. The maximum atomic E-state index is 13.9. The van der Waals surface area contributed by atoms with Gasteiger partial charge in [0.05, 0.1) is 36.2 Å². The van der Waals surface area contributed by atoms with Crippen LogP contribution < -0.4 is 5.32 Å². The Labute approximate surface area is 202 Å². The van der Waals surface area contributed by atoms with Gasteiger partial charge in [-0.3, -0.25) is 0 Å². The monoisotopic (exact) mass is 497 g/mol. The highest BCUT2D eigenvalue weighted by molar-refractivity contribution is 6.74. The average Bonchev–Trinajstić information content (AvgIpc) is 2.70. The number of anilines is 1. The lowest BCUT2D eigenvalue weighted by atomic mass is 9.94. The van der Waals surface area contributed by atoms with Gasteiger partial charge in [0.1, 0.15) is 22.1 Å². The summed E-state index contributed by atoms with van der Waals surface area (Å²) >= 11 is 6.41. The van der Waals surface area contributed by atoms with E-state index in [4.69, 9.17) is 20.8 Å². The Kier molecular flexibility index (Phi) is 8.87. The summed E-state index contributed by atoms with van der Waals surface area (Å²) in [5, 5.41) is 3.51. The molecular weight excluding hydrogens is 461 g/mol. The fourth-order valence-corrected chi connectivity index (χ4v) is 4.57. The number of esters is 1. The van der Waals surface area contributed by atoms with Crippen molar-refractivity contribution in [1.82, 2.24) is 9.97 Å². The number of fused-ring (bicyclic) bond motifs is 1. The molecule has 2 aromatic rings. The van der Waals surface area contributed by atoms with E-state index in [1.165, 1.54) is 6.07 Å². The van der Waals surface area contributed by atoms with Crippen molar-refractivity contribution in [1.29, 1.82) is 0 Å². The second-order valence-electron chi connectivity index (χ2n) is 10.2. The first-order valence-corrected chi connectivity index (χ1v) is 14.8. The van der Waals surface area contributed by atoms with Gasteiger partial charge in [0.15, 0.2) is 8.32 Å². The minimum absolute atomic E-state index is 0.0561. The Morgan fingerprint density at radius 1 is 1.24 bits per heavy atom. The number of hydrogen-bond donors (Lipinski definition) is 1. The van der Waals surface area contributed by atoms with Crippen molar-refractivity contribution in [3.8, 4) is 0 Å². The molecule has 0 aliphatic carbocycles. The highest BCUT2D eigenvalue weighted by atomic mass is 35.5. The molecule has 0 aromatic carbocycles. The molecule has 2 rings (SSSR count). The second-order valence-corrected chi connectivity index (χ2v) is 15.4. The maximum absolute atomic E-state index is 13.9. The zero-order valence-electron chi connectivity index (χ0n) is 21.1. The van der Waals surface area contributed by atoms with Crippen LogP contribution in [-0.2, 0) is 9.16 Å². The lowest BCUT2D eigenvalue weighted by Crippen LogP contribution is -2.48. The summed E-state index contributed by atoms with van der Waals surface area (Å²) in [7, 11) is -2.03. The largest absolute Gasteiger partial charge is 0.462 e. The summed E-state index contributed by atoms with van der Waals surface area (Å²) in [6.07, 6.45) is 3.86. The number of pyridine rings is 2. The molecular formula is C24H37ClFN3O3Si. The summed E-state index contributed by atoms with van der Waals surface area (Å²) in [5.74, 6) is -1.13. The van der Waals surface area contributed by atoms with Crippen LogP contribution in [0.4, 0.5) is 10.1 Å². The van der Waals surface area contributed by atoms with Crippen LogP contribution in [0.1, 0.15) is 71.2 Å². The van der Waals surface area contributed by atoms with Crippen LogP contribution in [-0.4, -0.2) is 43.0 Å². The normalized spacial score (nSPS) is 14.2. The number of rotatable bonds is 10. The number of halogens is 2. The molecule has 2 aromatic heterocycles. The Morgan fingerprint density at radius 3 is 2.48 bits per heavy atom. The van der Waals surface area contributed by atoms with E-state index in [1.54, 1.807) is 6.92 Å². The molecule has 0 aliphatic heterocycles. The second kappa shape index (κ2) is 10.7. The summed E-state index contributed by atoms with van der Waals surface area (Å²) in [6.45, 7) is 17.5. The van der Waals surface area contributed by atoms with E-state index >= 15 is 0 Å². The zero-order chi connectivity index (χ0) is 25.0.